The average molecular weight is 581 g/mol. The average Bonchev–Trinajstić information content (AvgIpc) is 3.79. The summed E-state index contributed by atoms with van der Waals surface area (Å²) in [6, 6.07) is 8.24. The van der Waals surface area contributed by atoms with Gasteiger partial charge < -0.3 is 20.1 Å². The second kappa shape index (κ2) is 12.5. The van der Waals surface area contributed by atoms with Crippen molar-refractivity contribution in [3.8, 4) is 11.1 Å². The Labute approximate surface area is 246 Å². The van der Waals surface area contributed by atoms with E-state index in [1.807, 2.05) is 62.7 Å². The molecule has 2 aliphatic carbocycles. The molecule has 1 aromatic carbocycles. The predicted octanol–water partition coefficient (Wildman–Crippen LogP) is 7.08. The van der Waals surface area contributed by atoms with Crippen LogP contribution in [0.5, 0.6) is 0 Å². The van der Waals surface area contributed by atoms with E-state index in [0.717, 1.165) is 60.8 Å². The molecule has 1 unspecified atom stereocenters. The molecule has 2 aromatic rings. The number of carbonyl (C=O) groups is 2. The summed E-state index contributed by atoms with van der Waals surface area (Å²) in [6.07, 6.45) is 5.70. The number of carbonyl (C=O) groups excluding carboxylic acids is 2. The molecule has 0 bridgehead atoms. The molecule has 2 N–H and O–H groups in total. The van der Waals surface area contributed by atoms with E-state index >= 15 is 0 Å². The maximum atomic E-state index is 13.6. The summed E-state index contributed by atoms with van der Waals surface area (Å²) in [5, 5.41) is 10.7. The molecular weight excluding hydrogens is 532 g/mol. The number of hydrogen-bond donors (Lipinski definition) is 2. The van der Waals surface area contributed by atoms with E-state index in [1.54, 1.807) is 0 Å². The Bertz CT molecular complexity index is 1220. The van der Waals surface area contributed by atoms with Gasteiger partial charge in [0, 0.05) is 25.9 Å². The second-order valence-electron chi connectivity index (χ2n) is 13.8. The van der Waals surface area contributed by atoms with Gasteiger partial charge in [-0.3, -0.25) is 4.79 Å². The summed E-state index contributed by atoms with van der Waals surface area (Å²) in [7, 11) is -1.16. The summed E-state index contributed by atoms with van der Waals surface area (Å²) in [5.41, 5.74) is 3.83. The highest BCUT2D eigenvalue weighted by Crippen LogP contribution is 2.51. The van der Waals surface area contributed by atoms with Crippen LogP contribution < -0.4 is 10.6 Å². The van der Waals surface area contributed by atoms with Crippen LogP contribution in [0.15, 0.2) is 30.8 Å². The van der Waals surface area contributed by atoms with Gasteiger partial charge in [0.15, 0.2) is 0 Å². The molecule has 8 nitrogen and oxygen atoms in total. The van der Waals surface area contributed by atoms with Crippen molar-refractivity contribution in [3.05, 3.63) is 42.2 Å². The maximum absolute atomic E-state index is 13.6. The summed E-state index contributed by atoms with van der Waals surface area (Å²) >= 11 is 0. The van der Waals surface area contributed by atoms with E-state index in [-0.39, 0.29) is 11.8 Å². The van der Waals surface area contributed by atoms with E-state index in [9.17, 15) is 9.59 Å². The van der Waals surface area contributed by atoms with Crippen LogP contribution in [0.2, 0.25) is 25.7 Å². The monoisotopic (exact) mass is 580 g/mol. The van der Waals surface area contributed by atoms with Crippen LogP contribution in [-0.4, -0.2) is 48.1 Å². The van der Waals surface area contributed by atoms with Crippen molar-refractivity contribution in [1.29, 1.82) is 0 Å². The molecule has 2 fully saturated rings. The molecule has 0 aliphatic heterocycles. The summed E-state index contributed by atoms with van der Waals surface area (Å²) in [6.45, 7) is 19.6. The number of hydrogen-bond acceptors (Lipinski definition) is 5. The Kier molecular flexibility index (Phi) is 9.48. The highest BCUT2D eigenvalue weighted by molar-refractivity contribution is 6.76. The first kappa shape index (κ1) is 31.0. The van der Waals surface area contributed by atoms with E-state index in [4.69, 9.17) is 14.6 Å². The van der Waals surface area contributed by atoms with Gasteiger partial charge >= 0.3 is 6.09 Å². The van der Waals surface area contributed by atoms with E-state index < -0.39 is 25.8 Å². The molecule has 1 aromatic heterocycles. The standard InChI is InChI=1S/C32H48N4O4Si/c1-9-26-27(21(2)35-36(26)20-39-18-19-41(6,7)8)22-14-16-25(17-15-22)33-30(37)29(34-31(38)40-32(3,4)5)28(23-10-11-23)24-12-13-24/h9,14-17,23-24,28-29H,1,10-13,18-20H2,2-8H3,(H,33,37)(H,34,38). The van der Waals surface area contributed by atoms with Crippen molar-refractivity contribution < 1.29 is 19.1 Å². The Morgan fingerprint density at radius 2 is 1.73 bits per heavy atom. The molecule has 9 heteroatoms. The first-order valence-electron chi connectivity index (χ1n) is 14.9. The van der Waals surface area contributed by atoms with Gasteiger partial charge in [0.2, 0.25) is 5.91 Å². The van der Waals surface area contributed by atoms with Crippen molar-refractivity contribution in [2.45, 2.75) is 97.4 Å². The number of anilines is 1. The van der Waals surface area contributed by atoms with Gasteiger partial charge in [-0.25, -0.2) is 9.48 Å². The van der Waals surface area contributed by atoms with Crippen molar-refractivity contribution in [3.63, 3.8) is 0 Å². The third-order valence-electron chi connectivity index (χ3n) is 7.68. The third-order valence-corrected chi connectivity index (χ3v) is 9.39. The highest BCUT2D eigenvalue weighted by atomic mass is 28.3. The lowest BCUT2D eigenvalue weighted by atomic mass is 9.88. The quantitative estimate of drug-likeness (QED) is 0.195. The Morgan fingerprint density at radius 3 is 2.24 bits per heavy atom. The zero-order valence-electron chi connectivity index (χ0n) is 25.9. The number of nitrogens with one attached hydrogen (secondary N) is 2. The lowest BCUT2D eigenvalue weighted by molar-refractivity contribution is -0.120. The first-order valence-corrected chi connectivity index (χ1v) is 18.6. The zero-order chi connectivity index (χ0) is 29.9. The molecule has 2 aliphatic rings. The smallest absolute Gasteiger partial charge is 0.408 e. The van der Waals surface area contributed by atoms with Crippen molar-refractivity contribution in [1.82, 2.24) is 15.1 Å². The van der Waals surface area contributed by atoms with E-state index in [1.165, 1.54) is 0 Å². The molecule has 0 spiro atoms. The number of amides is 2. The number of rotatable bonds is 13. The minimum Gasteiger partial charge on any atom is -0.444 e. The molecule has 224 valence electrons. The van der Waals surface area contributed by atoms with Gasteiger partial charge in [-0.15, -0.1) is 0 Å². The number of nitrogens with zero attached hydrogens (tertiary/aromatic N) is 2. The van der Waals surface area contributed by atoms with Crippen LogP contribution in [0.4, 0.5) is 10.5 Å². The molecule has 2 amide bonds. The Morgan fingerprint density at radius 1 is 1.12 bits per heavy atom. The molecule has 41 heavy (non-hydrogen) atoms. The van der Waals surface area contributed by atoms with Gasteiger partial charge in [0.05, 0.1) is 11.4 Å². The highest BCUT2D eigenvalue weighted by Gasteiger charge is 2.48. The first-order chi connectivity index (χ1) is 19.3. The van der Waals surface area contributed by atoms with Gasteiger partial charge in [-0.2, -0.15) is 5.10 Å². The Hall–Kier alpha value is -2.91. The van der Waals surface area contributed by atoms with E-state index in [2.05, 4.69) is 36.9 Å². The molecule has 0 saturated heterocycles. The minimum atomic E-state index is -1.16. The van der Waals surface area contributed by atoms with Gasteiger partial charge in [-0.05, 0) is 101 Å². The molecule has 1 heterocycles. The fraction of sp³-hybridized carbons (Fsp3) is 0.594. The summed E-state index contributed by atoms with van der Waals surface area (Å²) in [5.74, 6) is 0.899. The number of benzene rings is 1. The number of aromatic nitrogens is 2. The molecule has 1 atom stereocenters. The minimum absolute atomic E-state index is 0.137. The largest absolute Gasteiger partial charge is 0.444 e. The molecular formula is C32H48N4O4Si. The van der Waals surface area contributed by atoms with Crippen molar-refractivity contribution in [2.24, 2.45) is 17.8 Å². The normalized spacial score (nSPS) is 16.4. The van der Waals surface area contributed by atoms with Crippen molar-refractivity contribution >= 4 is 31.8 Å². The van der Waals surface area contributed by atoms with Crippen molar-refractivity contribution in [2.75, 3.05) is 11.9 Å². The molecule has 4 rings (SSSR count). The van der Waals surface area contributed by atoms with Crippen LogP contribution in [-0.2, 0) is 21.0 Å². The summed E-state index contributed by atoms with van der Waals surface area (Å²) < 4.78 is 13.3. The van der Waals surface area contributed by atoms with Crippen LogP contribution in [0.3, 0.4) is 0 Å². The second-order valence-corrected chi connectivity index (χ2v) is 19.5. The molecule has 2 saturated carbocycles. The number of ether oxygens (including phenoxy) is 2. The molecule has 0 radical (unpaired) electrons. The lowest BCUT2D eigenvalue weighted by Gasteiger charge is -2.29. The van der Waals surface area contributed by atoms with Crippen LogP contribution >= 0.6 is 0 Å². The summed E-state index contributed by atoms with van der Waals surface area (Å²) in [4.78, 5) is 26.3. The zero-order valence-corrected chi connectivity index (χ0v) is 26.9. The van der Waals surface area contributed by atoms with Gasteiger partial charge in [0.1, 0.15) is 18.4 Å². The van der Waals surface area contributed by atoms with Crippen LogP contribution in [0, 0.1) is 24.7 Å². The van der Waals surface area contributed by atoms with Crippen LogP contribution in [0.1, 0.15) is 57.8 Å². The van der Waals surface area contributed by atoms with Gasteiger partial charge in [0.25, 0.3) is 0 Å². The fourth-order valence-corrected chi connectivity index (χ4v) is 6.15. The van der Waals surface area contributed by atoms with E-state index in [0.29, 0.717) is 24.3 Å². The van der Waals surface area contributed by atoms with Crippen LogP contribution in [0.25, 0.3) is 17.2 Å². The topological polar surface area (TPSA) is 94.5 Å². The lowest BCUT2D eigenvalue weighted by Crippen LogP contribution is -2.51. The SMILES string of the molecule is C=Cc1c(-c2ccc(NC(=O)C(NC(=O)OC(C)(C)C)C(C3CC3)C3CC3)cc2)c(C)nn1COCC[Si](C)(C)C. The predicted molar refractivity (Wildman–Crippen MR) is 167 cm³/mol. The van der Waals surface area contributed by atoms with Gasteiger partial charge in [-0.1, -0.05) is 38.4 Å². The fourth-order valence-electron chi connectivity index (χ4n) is 5.39. The Balaban J connectivity index is 1.46. The number of aryl methyl sites for hydroxylation is 1. The maximum Gasteiger partial charge on any atom is 0.408 e. The number of alkyl carbamates (subject to hydrolysis) is 1. The third kappa shape index (κ3) is 8.79.